The summed E-state index contributed by atoms with van der Waals surface area (Å²) in [5.41, 5.74) is 2.47. The minimum atomic E-state index is 0. The Bertz CT molecular complexity index is 709. The predicted molar refractivity (Wildman–Crippen MR) is 125 cm³/mol. The monoisotopic (exact) mass is 440 g/mol. The highest BCUT2D eigenvalue weighted by atomic mass is 35.5. The number of piperazine rings is 1. The first kappa shape index (κ1) is 25.6. The largest absolute Gasteiger partial charge is 0.493 e. The van der Waals surface area contributed by atoms with E-state index in [0.717, 1.165) is 49.7 Å². The number of benzene rings is 2. The number of methoxy groups -OCH3 is 1. The van der Waals surface area contributed by atoms with Crippen LogP contribution in [0.3, 0.4) is 0 Å². The highest BCUT2D eigenvalue weighted by Crippen LogP contribution is 2.37. The summed E-state index contributed by atoms with van der Waals surface area (Å²) in [6, 6.07) is 17.1. The third kappa shape index (κ3) is 6.78. The molecular weight excluding hydrogens is 407 g/mol. The van der Waals surface area contributed by atoms with Crippen LogP contribution in [-0.2, 0) is 6.61 Å². The molecule has 2 aromatic rings. The van der Waals surface area contributed by atoms with Crippen LogP contribution in [0, 0.1) is 5.92 Å². The van der Waals surface area contributed by atoms with Gasteiger partial charge < -0.3 is 14.8 Å². The number of nitrogens with one attached hydrogen (secondary N) is 1. The van der Waals surface area contributed by atoms with E-state index in [9.17, 15) is 0 Å². The molecule has 0 aliphatic carbocycles. The first-order chi connectivity index (χ1) is 13.2. The van der Waals surface area contributed by atoms with Gasteiger partial charge in [-0.2, -0.15) is 0 Å². The number of hydrogen-bond acceptors (Lipinski definition) is 4. The highest BCUT2D eigenvalue weighted by molar-refractivity contribution is 5.85. The molecule has 2 aromatic carbocycles. The smallest absolute Gasteiger partial charge is 0.161 e. The maximum atomic E-state index is 6.15. The molecule has 3 rings (SSSR count). The molecule has 1 N–H and O–H groups in total. The minimum absolute atomic E-state index is 0. The van der Waals surface area contributed by atoms with Gasteiger partial charge in [-0.05, 0) is 29.2 Å². The van der Waals surface area contributed by atoms with E-state index in [1.807, 2.05) is 24.3 Å². The van der Waals surface area contributed by atoms with Crippen LogP contribution >= 0.6 is 24.8 Å². The van der Waals surface area contributed by atoms with E-state index in [4.69, 9.17) is 9.47 Å². The minimum Gasteiger partial charge on any atom is -0.493 e. The van der Waals surface area contributed by atoms with E-state index in [2.05, 4.69) is 48.3 Å². The zero-order valence-corrected chi connectivity index (χ0v) is 19.2. The SMILES string of the molecule is CCC(C)[C@@H](c1ccc(OC)c(OCc2ccccc2)c1)N1CCNCC1.Cl.Cl. The molecule has 1 unspecified atom stereocenters. The molecule has 1 fully saturated rings. The normalized spacial score (nSPS) is 16.1. The third-order valence-corrected chi connectivity index (χ3v) is 5.49. The van der Waals surface area contributed by atoms with Crippen LogP contribution in [0.15, 0.2) is 48.5 Å². The fourth-order valence-electron chi connectivity index (χ4n) is 3.81. The van der Waals surface area contributed by atoms with Crippen molar-refractivity contribution in [2.24, 2.45) is 5.92 Å². The molecule has 4 nitrogen and oxygen atoms in total. The van der Waals surface area contributed by atoms with Crippen LogP contribution in [0.5, 0.6) is 11.5 Å². The molecule has 0 radical (unpaired) electrons. The number of nitrogens with zero attached hydrogens (tertiary/aromatic N) is 1. The Morgan fingerprint density at radius 3 is 2.31 bits per heavy atom. The molecule has 162 valence electrons. The van der Waals surface area contributed by atoms with Crippen LogP contribution in [0.4, 0.5) is 0 Å². The van der Waals surface area contributed by atoms with Gasteiger partial charge in [0.2, 0.25) is 0 Å². The average Bonchev–Trinajstić information content (AvgIpc) is 2.74. The summed E-state index contributed by atoms with van der Waals surface area (Å²) in [4.78, 5) is 2.60. The molecule has 2 atom stereocenters. The van der Waals surface area contributed by atoms with Crippen molar-refractivity contribution in [2.75, 3.05) is 33.3 Å². The van der Waals surface area contributed by atoms with E-state index >= 15 is 0 Å². The maximum Gasteiger partial charge on any atom is 0.161 e. The number of halogens is 2. The second-order valence-electron chi connectivity index (χ2n) is 7.30. The Labute approximate surface area is 187 Å². The molecule has 1 saturated heterocycles. The van der Waals surface area contributed by atoms with Gasteiger partial charge in [0.1, 0.15) is 6.61 Å². The standard InChI is InChI=1S/C23H32N2O2.2ClH/c1-4-18(2)23(25-14-12-24-13-15-25)20-10-11-21(26-3)22(16-20)27-17-19-8-6-5-7-9-19;;/h5-11,16,18,23-24H,4,12-15,17H2,1-3H3;2*1H/t18?,23-;;/m0../s1. The molecule has 6 heteroatoms. The van der Waals surface area contributed by atoms with Crippen molar-refractivity contribution in [3.05, 3.63) is 59.7 Å². The van der Waals surface area contributed by atoms with Crippen molar-refractivity contribution in [3.8, 4) is 11.5 Å². The predicted octanol–water partition coefficient (Wildman–Crippen LogP) is 5.11. The first-order valence-corrected chi connectivity index (χ1v) is 10.0. The van der Waals surface area contributed by atoms with E-state index in [0.29, 0.717) is 18.6 Å². The fourth-order valence-corrected chi connectivity index (χ4v) is 3.81. The Morgan fingerprint density at radius 1 is 1.00 bits per heavy atom. The highest BCUT2D eigenvalue weighted by Gasteiger charge is 2.27. The van der Waals surface area contributed by atoms with Crippen LogP contribution in [0.25, 0.3) is 0 Å². The van der Waals surface area contributed by atoms with Crippen molar-refractivity contribution in [1.82, 2.24) is 10.2 Å². The molecule has 29 heavy (non-hydrogen) atoms. The summed E-state index contributed by atoms with van der Waals surface area (Å²) in [6.07, 6.45) is 1.15. The van der Waals surface area contributed by atoms with E-state index < -0.39 is 0 Å². The quantitative estimate of drug-likeness (QED) is 0.617. The molecular formula is C23H34Cl2N2O2. The summed E-state index contributed by atoms with van der Waals surface area (Å²) in [6.45, 7) is 9.45. The zero-order chi connectivity index (χ0) is 19.1. The summed E-state index contributed by atoms with van der Waals surface area (Å²) >= 11 is 0. The molecule has 0 spiro atoms. The average molecular weight is 441 g/mol. The van der Waals surface area contributed by atoms with Crippen molar-refractivity contribution in [1.29, 1.82) is 0 Å². The molecule has 0 saturated carbocycles. The Kier molecular flexibility index (Phi) is 11.4. The van der Waals surface area contributed by atoms with Gasteiger partial charge in [-0.25, -0.2) is 0 Å². The lowest BCUT2D eigenvalue weighted by Gasteiger charge is -2.38. The van der Waals surface area contributed by atoms with Gasteiger partial charge in [-0.15, -0.1) is 24.8 Å². The first-order valence-electron chi connectivity index (χ1n) is 10.0. The van der Waals surface area contributed by atoms with Crippen molar-refractivity contribution in [2.45, 2.75) is 32.9 Å². The Morgan fingerprint density at radius 2 is 1.69 bits per heavy atom. The van der Waals surface area contributed by atoms with Crippen LogP contribution in [-0.4, -0.2) is 38.2 Å². The second-order valence-corrected chi connectivity index (χ2v) is 7.30. The topological polar surface area (TPSA) is 33.7 Å². The molecule has 0 aromatic heterocycles. The molecule has 1 aliphatic rings. The number of hydrogen-bond donors (Lipinski definition) is 1. The lowest BCUT2D eigenvalue weighted by molar-refractivity contribution is 0.128. The van der Waals surface area contributed by atoms with E-state index in [1.165, 1.54) is 5.56 Å². The summed E-state index contributed by atoms with van der Waals surface area (Å²) < 4.78 is 11.7. The van der Waals surface area contributed by atoms with Crippen molar-refractivity contribution in [3.63, 3.8) is 0 Å². The second kappa shape index (κ2) is 13.0. The summed E-state index contributed by atoms with van der Waals surface area (Å²) in [7, 11) is 1.70. The van der Waals surface area contributed by atoms with Gasteiger partial charge in [-0.1, -0.05) is 56.7 Å². The summed E-state index contributed by atoms with van der Waals surface area (Å²) in [5.74, 6) is 2.19. The molecule has 0 bridgehead atoms. The van der Waals surface area contributed by atoms with E-state index in [-0.39, 0.29) is 24.8 Å². The van der Waals surface area contributed by atoms with Gasteiger partial charge in [0.25, 0.3) is 0 Å². The zero-order valence-electron chi connectivity index (χ0n) is 17.6. The van der Waals surface area contributed by atoms with Crippen LogP contribution in [0.1, 0.15) is 37.4 Å². The Balaban J connectivity index is 0.00000210. The van der Waals surface area contributed by atoms with Gasteiger partial charge in [0.05, 0.1) is 7.11 Å². The van der Waals surface area contributed by atoms with Crippen LogP contribution in [0.2, 0.25) is 0 Å². The van der Waals surface area contributed by atoms with Gasteiger partial charge >= 0.3 is 0 Å². The Hall–Kier alpha value is -1.46. The summed E-state index contributed by atoms with van der Waals surface area (Å²) in [5, 5.41) is 3.46. The van der Waals surface area contributed by atoms with Crippen molar-refractivity contribution < 1.29 is 9.47 Å². The lowest BCUT2D eigenvalue weighted by atomic mass is 9.90. The van der Waals surface area contributed by atoms with E-state index in [1.54, 1.807) is 7.11 Å². The molecule has 0 amide bonds. The molecule has 1 aliphatic heterocycles. The van der Waals surface area contributed by atoms with Gasteiger partial charge in [-0.3, -0.25) is 4.90 Å². The third-order valence-electron chi connectivity index (χ3n) is 5.49. The van der Waals surface area contributed by atoms with Crippen molar-refractivity contribution >= 4 is 24.8 Å². The van der Waals surface area contributed by atoms with Crippen LogP contribution < -0.4 is 14.8 Å². The lowest BCUT2D eigenvalue weighted by Crippen LogP contribution is -2.46. The molecule has 1 heterocycles. The van der Waals surface area contributed by atoms with Gasteiger partial charge in [0.15, 0.2) is 11.5 Å². The fraction of sp³-hybridized carbons (Fsp3) is 0.478. The number of rotatable bonds is 8. The number of ether oxygens (including phenoxy) is 2. The van der Waals surface area contributed by atoms with Gasteiger partial charge in [0, 0.05) is 32.2 Å². The maximum absolute atomic E-state index is 6.15.